The third-order valence-corrected chi connectivity index (χ3v) is 7.62. The molecule has 1 heterocycles. The minimum absolute atomic E-state index is 0.0551. The Morgan fingerprint density at radius 1 is 1.06 bits per heavy atom. The van der Waals surface area contributed by atoms with Gasteiger partial charge in [-0.3, -0.25) is 14.4 Å². The number of hydrogen-bond acceptors (Lipinski definition) is 8. The van der Waals surface area contributed by atoms with Crippen LogP contribution in [0, 0.1) is 17.0 Å². The van der Waals surface area contributed by atoms with Crippen molar-refractivity contribution in [1.82, 2.24) is 19.8 Å². The molecule has 0 saturated carbocycles. The molecule has 1 aromatic heterocycles. The summed E-state index contributed by atoms with van der Waals surface area (Å²) in [6.45, 7) is 8.83. The van der Waals surface area contributed by atoms with E-state index < -0.39 is 65.5 Å². The lowest BCUT2D eigenvalue weighted by atomic mass is 9.84. The molecule has 3 rings (SSSR count). The highest BCUT2D eigenvalue weighted by molar-refractivity contribution is 5.97. The number of halogens is 2. The molecule has 12 nitrogen and oxygen atoms in total. The van der Waals surface area contributed by atoms with Crippen LogP contribution in [0.15, 0.2) is 48.7 Å². The van der Waals surface area contributed by atoms with Crippen molar-refractivity contribution in [3.05, 3.63) is 71.7 Å². The molecule has 0 aliphatic carbocycles. The third-order valence-electron chi connectivity index (χ3n) is 7.62. The lowest BCUT2D eigenvalue weighted by molar-refractivity contribution is -0.139. The van der Waals surface area contributed by atoms with Crippen LogP contribution in [0.2, 0.25) is 0 Å². The van der Waals surface area contributed by atoms with Gasteiger partial charge in [-0.1, -0.05) is 32.9 Å². The average molecular weight is 657 g/mol. The molecule has 256 valence electrons. The molecule has 9 N–H and O–H groups in total. The van der Waals surface area contributed by atoms with Gasteiger partial charge in [0.25, 0.3) is 0 Å². The van der Waals surface area contributed by atoms with Gasteiger partial charge < -0.3 is 42.4 Å². The standard InChI is InChI=1S/C33H46F2N8O4/c1-19(37)28(38)32(47)39-20(2)31(46)40-23-9-6-8-21(14-23)16-42-17-26(24-15-22(34)10-11-25(24)35)41-30(42)29(33(3,4)5)43(13-7-12-36)27(45)18-44/h6,8-11,14-15,17,19-20,28-29,44H,7,12-13,16,18,36-38H2,1-5H3,(H,39,47)(H,40,46)/t19?,20-,28-,29-/m0/s1. The van der Waals surface area contributed by atoms with Gasteiger partial charge in [-0.25, -0.2) is 13.8 Å². The van der Waals surface area contributed by atoms with Gasteiger partial charge in [-0.05, 0) is 68.1 Å². The van der Waals surface area contributed by atoms with Crippen LogP contribution in [-0.4, -0.2) is 75.1 Å². The van der Waals surface area contributed by atoms with Gasteiger partial charge in [0.2, 0.25) is 17.7 Å². The van der Waals surface area contributed by atoms with Crippen molar-refractivity contribution in [2.45, 2.75) is 71.8 Å². The molecule has 14 heteroatoms. The number of nitrogens with one attached hydrogen (secondary N) is 2. The first kappa shape index (κ1) is 37.2. The number of rotatable bonds is 14. The maximum Gasteiger partial charge on any atom is 0.248 e. The van der Waals surface area contributed by atoms with Gasteiger partial charge in [0.05, 0.1) is 17.8 Å². The maximum atomic E-state index is 15.0. The van der Waals surface area contributed by atoms with Crippen LogP contribution < -0.4 is 27.8 Å². The summed E-state index contributed by atoms with van der Waals surface area (Å²) in [6.07, 6.45) is 2.04. The van der Waals surface area contributed by atoms with Crippen molar-refractivity contribution < 1.29 is 28.3 Å². The summed E-state index contributed by atoms with van der Waals surface area (Å²) in [7, 11) is 0. The van der Waals surface area contributed by atoms with E-state index >= 15 is 0 Å². The van der Waals surface area contributed by atoms with Crippen molar-refractivity contribution in [3.8, 4) is 11.3 Å². The highest BCUT2D eigenvalue weighted by Gasteiger charge is 2.38. The lowest BCUT2D eigenvalue weighted by Gasteiger charge is -2.40. The van der Waals surface area contributed by atoms with Crippen LogP contribution in [0.5, 0.6) is 0 Å². The molecular weight excluding hydrogens is 610 g/mol. The number of amides is 3. The predicted octanol–water partition coefficient (Wildman–Crippen LogP) is 2.25. The molecular formula is C33H46F2N8O4. The molecule has 0 saturated heterocycles. The van der Waals surface area contributed by atoms with Gasteiger partial charge in [0.15, 0.2) is 0 Å². The number of anilines is 1. The lowest BCUT2D eigenvalue weighted by Crippen LogP contribution is -2.54. The van der Waals surface area contributed by atoms with Crippen molar-refractivity contribution >= 4 is 23.4 Å². The number of hydrogen-bond donors (Lipinski definition) is 6. The molecule has 0 spiro atoms. The number of aliphatic hydroxyl groups excluding tert-OH is 1. The van der Waals surface area contributed by atoms with Gasteiger partial charge in [-0.2, -0.15) is 0 Å². The van der Waals surface area contributed by atoms with E-state index in [4.69, 9.17) is 22.2 Å². The number of carbonyl (C=O) groups is 3. The number of carbonyl (C=O) groups excluding carboxylic acids is 3. The van der Waals surface area contributed by atoms with Crippen molar-refractivity contribution in [3.63, 3.8) is 0 Å². The smallest absolute Gasteiger partial charge is 0.248 e. The van der Waals surface area contributed by atoms with Crippen LogP contribution in [0.25, 0.3) is 11.3 Å². The summed E-state index contributed by atoms with van der Waals surface area (Å²) in [6, 6.07) is 6.86. The molecule has 47 heavy (non-hydrogen) atoms. The Labute approximate surface area is 273 Å². The van der Waals surface area contributed by atoms with Crippen LogP contribution in [-0.2, 0) is 20.9 Å². The highest BCUT2D eigenvalue weighted by atomic mass is 19.1. The van der Waals surface area contributed by atoms with Gasteiger partial charge in [0.1, 0.15) is 30.1 Å². The predicted molar refractivity (Wildman–Crippen MR) is 176 cm³/mol. The van der Waals surface area contributed by atoms with E-state index in [2.05, 4.69) is 10.6 Å². The second-order valence-corrected chi connectivity index (χ2v) is 12.7. The van der Waals surface area contributed by atoms with Crippen LogP contribution in [0.4, 0.5) is 14.5 Å². The average Bonchev–Trinajstić information content (AvgIpc) is 3.40. The van der Waals surface area contributed by atoms with Crippen molar-refractivity contribution in [2.75, 3.05) is 25.0 Å². The summed E-state index contributed by atoms with van der Waals surface area (Å²) in [4.78, 5) is 44.5. The number of nitrogens with two attached hydrogens (primary N) is 3. The minimum atomic E-state index is -0.973. The van der Waals surface area contributed by atoms with E-state index in [1.54, 1.807) is 35.9 Å². The summed E-state index contributed by atoms with van der Waals surface area (Å²) >= 11 is 0. The van der Waals surface area contributed by atoms with E-state index in [-0.39, 0.29) is 24.3 Å². The highest BCUT2D eigenvalue weighted by Crippen LogP contribution is 2.39. The van der Waals surface area contributed by atoms with Gasteiger partial charge in [0, 0.05) is 36.6 Å². The Morgan fingerprint density at radius 2 is 1.77 bits per heavy atom. The topological polar surface area (TPSA) is 195 Å². The first-order valence-corrected chi connectivity index (χ1v) is 15.4. The van der Waals surface area contributed by atoms with Crippen molar-refractivity contribution in [1.29, 1.82) is 0 Å². The molecule has 4 atom stereocenters. The first-order valence-electron chi connectivity index (χ1n) is 15.4. The molecule has 2 aromatic carbocycles. The second kappa shape index (κ2) is 16.0. The van der Waals surface area contributed by atoms with E-state index in [1.165, 1.54) is 11.8 Å². The van der Waals surface area contributed by atoms with E-state index in [0.717, 1.165) is 18.2 Å². The fraction of sp³-hybridized carbons (Fsp3) is 0.455. The number of imidazole rings is 1. The fourth-order valence-corrected chi connectivity index (χ4v) is 5.15. The first-order chi connectivity index (χ1) is 22.1. The molecule has 0 bridgehead atoms. The van der Waals surface area contributed by atoms with Crippen molar-refractivity contribution in [2.24, 2.45) is 22.6 Å². The summed E-state index contributed by atoms with van der Waals surface area (Å²) < 4.78 is 30.9. The Morgan fingerprint density at radius 3 is 2.38 bits per heavy atom. The second-order valence-electron chi connectivity index (χ2n) is 12.7. The van der Waals surface area contributed by atoms with E-state index in [0.29, 0.717) is 30.0 Å². The largest absolute Gasteiger partial charge is 0.387 e. The monoisotopic (exact) mass is 656 g/mol. The zero-order chi connectivity index (χ0) is 35.1. The van der Waals surface area contributed by atoms with Gasteiger partial charge >= 0.3 is 0 Å². The van der Waals surface area contributed by atoms with Gasteiger partial charge in [-0.15, -0.1) is 0 Å². The Bertz CT molecular complexity index is 1560. The Hall–Kier alpha value is -4.24. The molecule has 3 amide bonds. The maximum absolute atomic E-state index is 15.0. The minimum Gasteiger partial charge on any atom is -0.387 e. The SMILES string of the molecule is CC(N)[C@H](N)C(=O)N[C@@H](C)C(=O)Nc1cccc(Cn2cc(-c3cc(F)ccc3F)nc2[C@H](N(CCCN)C(=O)CO)C(C)(C)C)c1. The molecule has 0 radical (unpaired) electrons. The Kier molecular flexibility index (Phi) is 12.7. The molecule has 0 fully saturated rings. The molecule has 0 aliphatic rings. The number of aromatic nitrogens is 2. The quantitative estimate of drug-likeness (QED) is 0.152. The van der Waals surface area contributed by atoms with E-state index in [9.17, 15) is 28.3 Å². The zero-order valence-corrected chi connectivity index (χ0v) is 27.5. The summed E-state index contributed by atoms with van der Waals surface area (Å²) in [5.74, 6) is -2.49. The summed E-state index contributed by atoms with van der Waals surface area (Å²) in [5, 5.41) is 15.2. The van der Waals surface area contributed by atoms with Crippen LogP contribution >= 0.6 is 0 Å². The van der Waals surface area contributed by atoms with Crippen LogP contribution in [0.1, 0.15) is 58.5 Å². The summed E-state index contributed by atoms with van der Waals surface area (Å²) in [5.41, 5.74) is 17.9. The molecule has 1 unspecified atom stereocenters. The molecule has 3 aromatic rings. The number of aliphatic hydroxyl groups is 1. The van der Waals surface area contributed by atoms with Crippen LogP contribution in [0.3, 0.4) is 0 Å². The Balaban J connectivity index is 2.04. The molecule has 0 aliphatic heterocycles. The zero-order valence-electron chi connectivity index (χ0n) is 27.5. The number of benzene rings is 2. The third kappa shape index (κ3) is 9.64. The number of nitrogens with zero attached hydrogens (tertiary/aromatic N) is 3. The van der Waals surface area contributed by atoms with E-state index in [1.807, 2.05) is 26.8 Å². The normalized spacial score (nSPS) is 14.2. The fourth-order valence-electron chi connectivity index (χ4n) is 5.15.